The second-order valence-corrected chi connectivity index (χ2v) is 5.35. The van der Waals surface area contributed by atoms with E-state index in [0.717, 1.165) is 30.8 Å². The molecule has 2 aliphatic rings. The molecule has 4 nitrogen and oxygen atoms in total. The number of piperazine rings is 1. The van der Waals surface area contributed by atoms with Gasteiger partial charge in [0.2, 0.25) is 0 Å². The third kappa shape index (κ3) is 2.87. The number of rotatable bonds is 2. The smallest absolute Gasteiger partial charge is 0.354 e. The summed E-state index contributed by atoms with van der Waals surface area (Å²) >= 11 is 0. The van der Waals surface area contributed by atoms with Gasteiger partial charge in [0.1, 0.15) is 12.1 Å². The topological polar surface area (TPSA) is 32.3 Å². The van der Waals surface area contributed by atoms with Gasteiger partial charge in [-0.1, -0.05) is 0 Å². The highest BCUT2D eigenvalue weighted by atomic mass is 19.4. The molecule has 1 saturated heterocycles. The Hall–Kier alpha value is -1.37. The maximum atomic E-state index is 12.4. The lowest BCUT2D eigenvalue weighted by molar-refractivity contribution is -0.146. The molecule has 0 unspecified atom stereocenters. The van der Waals surface area contributed by atoms with Crippen LogP contribution < -0.4 is 4.90 Å². The molecule has 20 heavy (non-hydrogen) atoms. The van der Waals surface area contributed by atoms with Crippen molar-refractivity contribution < 1.29 is 13.2 Å². The van der Waals surface area contributed by atoms with Crippen LogP contribution >= 0.6 is 0 Å². The molecule has 0 N–H and O–H groups in total. The summed E-state index contributed by atoms with van der Waals surface area (Å²) in [6.07, 6.45) is 0.516. The molecule has 110 valence electrons. The molecule has 0 aromatic carbocycles. The highest BCUT2D eigenvalue weighted by Gasteiger charge is 2.32. The lowest BCUT2D eigenvalue weighted by atomic mass is 10.2. The quantitative estimate of drug-likeness (QED) is 0.827. The molecule has 0 spiro atoms. The molecule has 3 rings (SSSR count). The second kappa shape index (κ2) is 5.20. The number of aromatic nitrogens is 2. The van der Waals surface area contributed by atoms with E-state index in [0.29, 0.717) is 26.2 Å². The number of anilines is 1. The summed E-state index contributed by atoms with van der Waals surface area (Å²) in [5.41, 5.74) is 2.30. The normalized spacial score (nSPS) is 20.2. The van der Waals surface area contributed by atoms with Crippen molar-refractivity contribution in [1.82, 2.24) is 14.9 Å². The third-order valence-electron chi connectivity index (χ3n) is 3.93. The van der Waals surface area contributed by atoms with Crippen LogP contribution in [0.4, 0.5) is 19.0 Å². The number of hydrogen-bond donors (Lipinski definition) is 0. The molecule has 0 radical (unpaired) electrons. The van der Waals surface area contributed by atoms with E-state index in [-0.39, 0.29) is 0 Å². The van der Waals surface area contributed by atoms with E-state index in [1.54, 1.807) is 6.33 Å². The van der Waals surface area contributed by atoms with Crippen LogP contribution in [0.3, 0.4) is 0 Å². The van der Waals surface area contributed by atoms with E-state index >= 15 is 0 Å². The second-order valence-electron chi connectivity index (χ2n) is 5.35. The first-order chi connectivity index (χ1) is 9.53. The van der Waals surface area contributed by atoms with Crippen molar-refractivity contribution in [2.24, 2.45) is 0 Å². The maximum absolute atomic E-state index is 12.4. The van der Waals surface area contributed by atoms with Crippen molar-refractivity contribution in [2.75, 3.05) is 37.6 Å². The van der Waals surface area contributed by atoms with Crippen molar-refractivity contribution in [1.29, 1.82) is 0 Å². The van der Waals surface area contributed by atoms with Crippen molar-refractivity contribution in [3.05, 3.63) is 17.6 Å². The van der Waals surface area contributed by atoms with Crippen LogP contribution in [-0.2, 0) is 12.8 Å². The molecule has 0 bridgehead atoms. The summed E-state index contributed by atoms with van der Waals surface area (Å²) in [5.74, 6) is 0.930. The first-order valence-corrected chi connectivity index (χ1v) is 6.90. The SMILES string of the molecule is FC(F)(F)CN1CCN(c2ncnc3c2CCC3)CC1. The molecule has 1 aliphatic carbocycles. The Labute approximate surface area is 115 Å². The van der Waals surface area contributed by atoms with Crippen LogP contribution in [0.25, 0.3) is 0 Å². The van der Waals surface area contributed by atoms with Gasteiger partial charge in [-0.3, -0.25) is 4.90 Å². The van der Waals surface area contributed by atoms with Crippen LogP contribution in [0.1, 0.15) is 17.7 Å². The molecule has 0 atom stereocenters. The highest BCUT2D eigenvalue weighted by Crippen LogP contribution is 2.28. The molecular weight excluding hydrogens is 269 g/mol. The monoisotopic (exact) mass is 286 g/mol. The number of alkyl halides is 3. The van der Waals surface area contributed by atoms with E-state index < -0.39 is 12.7 Å². The fourth-order valence-corrected chi connectivity index (χ4v) is 2.99. The number of fused-ring (bicyclic) bond motifs is 1. The zero-order chi connectivity index (χ0) is 14.2. The van der Waals surface area contributed by atoms with Crippen molar-refractivity contribution in [3.63, 3.8) is 0 Å². The maximum Gasteiger partial charge on any atom is 0.401 e. The van der Waals surface area contributed by atoms with Gasteiger partial charge in [0, 0.05) is 37.4 Å². The van der Waals surface area contributed by atoms with E-state index in [1.165, 1.54) is 10.5 Å². The minimum absolute atomic E-state index is 0.429. The number of halogens is 3. The van der Waals surface area contributed by atoms with Gasteiger partial charge in [0.15, 0.2) is 0 Å². The molecular formula is C13H17F3N4. The van der Waals surface area contributed by atoms with E-state index in [1.807, 2.05) is 0 Å². The average molecular weight is 286 g/mol. The van der Waals surface area contributed by atoms with Crippen LogP contribution in [0.15, 0.2) is 6.33 Å². The fourth-order valence-electron chi connectivity index (χ4n) is 2.99. The van der Waals surface area contributed by atoms with E-state index in [9.17, 15) is 13.2 Å². The molecule has 2 heterocycles. The summed E-state index contributed by atoms with van der Waals surface area (Å²) in [4.78, 5) is 12.2. The number of nitrogens with zero attached hydrogens (tertiary/aromatic N) is 4. The van der Waals surface area contributed by atoms with Gasteiger partial charge in [-0.15, -0.1) is 0 Å². The van der Waals surface area contributed by atoms with Crippen LogP contribution in [0.2, 0.25) is 0 Å². The summed E-state index contributed by atoms with van der Waals surface area (Å²) in [5, 5.41) is 0. The number of aryl methyl sites for hydroxylation is 1. The number of hydrogen-bond acceptors (Lipinski definition) is 4. The molecule has 1 aliphatic heterocycles. The molecule has 1 aromatic rings. The lowest BCUT2D eigenvalue weighted by Crippen LogP contribution is -2.49. The predicted octanol–water partition coefficient (Wildman–Crippen LogP) is 1.65. The van der Waals surface area contributed by atoms with E-state index in [4.69, 9.17) is 0 Å². The highest BCUT2D eigenvalue weighted by molar-refractivity contribution is 5.50. The van der Waals surface area contributed by atoms with Crippen molar-refractivity contribution >= 4 is 5.82 Å². The lowest BCUT2D eigenvalue weighted by Gasteiger charge is -2.36. The van der Waals surface area contributed by atoms with Gasteiger partial charge in [-0.05, 0) is 19.3 Å². The minimum atomic E-state index is -4.11. The zero-order valence-electron chi connectivity index (χ0n) is 11.2. The van der Waals surface area contributed by atoms with Gasteiger partial charge >= 0.3 is 6.18 Å². The van der Waals surface area contributed by atoms with Crippen LogP contribution in [0.5, 0.6) is 0 Å². The molecule has 1 fully saturated rings. The van der Waals surface area contributed by atoms with Gasteiger partial charge < -0.3 is 4.90 Å². The minimum Gasteiger partial charge on any atom is -0.354 e. The van der Waals surface area contributed by atoms with Gasteiger partial charge in [-0.25, -0.2) is 9.97 Å². The zero-order valence-corrected chi connectivity index (χ0v) is 11.2. The largest absolute Gasteiger partial charge is 0.401 e. The fraction of sp³-hybridized carbons (Fsp3) is 0.692. The van der Waals surface area contributed by atoms with Crippen molar-refractivity contribution in [2.45, 2.75) is 25.4 Å². The Morgan fingerprint density at radius 3 is 2.50 bits per heavy atom. The predicted molar refractivity (Wildman–Crippen MR) is 68.8 cm³/mol. The van der Waals surface area contributed by atoms with Gasteiger partial charge in [-0.2, -0.15) is 13.2 Å². The molecule has 7 heteroatoms. The Bertz CT molecular complexity index is 481. The summed E-state index contributed by atoms with van der Waals surface area (Å²) < 4.78 is 37.1. The molecule has 0 amide bonds. The summed E-state index contributed by atoms with van der Waals surface area (Å²) in [7, 11) is 0. The first-order valence-electron chi connectivity index (χ1n) is 6.90. The summed E-state index contributed by atoms with van der Waals surface area (Å²) in [6.45, 7) is 1.23. The van der Waals surface area contributed by atoms with E-state index in [2.05, 4.69) is 14.9 Å². The van der Waals surface area contributed by atoms with Crippen LogP contribution in [0, 0.1) is 0 Å². The Morgan fingerprint density at radius 1 is 1.05 bits per heavy atom. The Balaban J connectivity index is 1.66. The molecule has 0 saturated carbocycles. The first kappa shape index (κ1) is 13.6. The van der Waals surface area contributed by atoms with Gasteiger partial charge in [0.05, 0.1) is 6.54 Å². The summed E-state index contributed by atoms with van der Waals surface area (Å²) in [6, 6.07) is 0. The third-order valence-corrected chi connectivity index (χ3v) is 3.93. The average Bonchev–Trinajstić information content (AvgIpc) is 2.86. The Kier molecular flexibility index (Phi) is 3.54. The van der Waals surface area contributed by atoms with Crippen molar-refractivity contribution in [3.8, 4) is 0 Å². The van der Waals surface area contributed by atoms with Crippen LogP contribution in [-0.4, -0.2) is 53.8 Å². The molecule has 1 aromatic heterocycles. The standard InChI is InChI=1S/C13H17F3N4/c14-13(15,16)8-19-4-6-20(7-5-19)12-10-2-1-3-11(10)17-9-18-12/h9H,1-8H2. The Morgan fingerprint density at radius 2 is 1.80 bits per heavy atom. The van der Waals surface area contributed by atoms with Gasteiger partial charge in [0.25, 0.3) is 0 Å².